The number of piperidine rings is 1. The highest BCUT2D eigenvalue weighted by Crippen LogP contribution is 2.27. The van der Waals surface area contributed by atoms with Crippen molar-refractivity contribution in [3.8, 4) is 5.75 Å². The molecule has 0 radical (unpaired) electrons. The van der Waals surface area contributed by atoms with Crippen molar-refractivity contribution in [2.24, 2.45) is 5.73 Å². The second-order valence-corrected chi connectivity index (χ2v) is 4.08. The van der Waals surface area contributed by atoms with Gasteiger partial charge in [0, 0.05) is 25.3 Å². The molecular formula is C12H19N3O. The molecule has 1 aliphatic rings. The first-order valence-electron chi connectivity index (χ1n) is 5.89. The molecule has 0 bridgehead atoms. The molecule has 2 rings (SSSR count). The summed E-state index contributed by atoms with van der Waals surface area (Å²) < 4.78 is 5.58. The van der Waals surface area contributed by atoms with Crippen LogP contribution in [0.2, 0.25) is 0 Å². The number of nitrogens with zero attached hydrogens (tertiary/aromatic N) is 2. The van der Waals surface area contributed by atoms with Gasteiger partial charge in [0.15, 0.2) is 11.6 Å². The average Bonchev–Trinajstić information content (AvgIpc) is 2.32. The molecule has 4 heteroatoms. The lowest BCUT2D eigenvalue weighted by Crippen LogP contribution is -2.40. The largest absolute Gasteiger partial charge is 0.490 e. The van der Waals surface area contributed by atoms with Crippen LogP contribution < -0.4 is 15.4 Å². The predicted molar refractivity (Wildman–Crippen MR) is 64.8 cm³/mol. The van der Waals surface area contributed by atoms with Gasteiger partial charge in [-0.05, 0) is 31.9 Å². The first kappa shape index (κ1) is 11.2. The van der Waals surface area contributed by atoms with Gasteiger partial charge in [0.25, 0.3) is 0 Å². The number of hydrogen-bond donors (Lipinski definition) is 1. The fourth-order valence-electron chi connectivity index (χ4n) is 2.00. The SMILES string of the molecule is CCOc1cccnc1N1CCC(N)CC1. The lowest BCUT2D eigenvalue weighted by molar-refractivity contribution is 0.337. The van der Waals surface area contributed by atoms with Crippen LogP contribution in [0.1, 0.15) is 19.8 Å². The van der Waals surface area contributed by atoms with Crippen LogP contribution >= 0.6 is 0 Å². The lowest BCUT2D eigenvalue weighted by Gasteiger charge is -2.31. The minimum absolute atomic E-state index is 0.343. The summed E-state index contributed by atoms with van der Waals surface area (Å²) in [5.74, 6) is 1.83. The van der Waals surface area contributed by atoms with Crippen molar-refractivity contribution < 1.29 is 4.74 Å². The van der Waals surface area contributed by atoms with Crippen LogP contribution in [-0.4, -0.2) is 30.7 Å². The van der Waals surface area contributed by atoms with E-state index in [1.54, 1.807) is 0 Å². The summed E-state index contributed by atoms with van der Waals surface area (Å²) in [6.07, 6.45) is 3.87. The zero-order valence-corrected chi connectivity index (χ0v) is 9.72. The van der Waals surface area contributed by atoms with Crippen molar-refractivity contribution in [3.05, 3.63) is 18.3 Å². The second kappa shape index (κ2) is 5.16. The van der Waals surface area contributed by atoms with Crippen LogP contribution in [-0.2, 0) is 0 Å². The number of aromatic nitrogens is 1. The van der Waals surface area contributed by atoms with Crippen LogP contribution in [0.3, 0.4) is 0 Å². The third kappa shape index (κ3) is 2.44. The van der Waals surface area contributed by atoms with E-state index < -0.39 is 0 Å². The van der Waals surface area contributed by atoms with E-state index in [9.17, 15) is 0 Å². The molecule has 0 saturated carbocycles. The summed E-state index contributed by atoms with van der Waals surface area (Å²) in [4.78, 5) is 6.66. The number of rotatable bonds is 3. The van der Waals surface area contributed by atoms with Gasteiger partial charge in [-0.25, -0.2) is 4.98 Å². The standard InChI is InChI=1S/C12H19N3O/c1-2-16-11-4-3-7-14-12(11)15-8-5-10(13)6-9-15/h3-4,7,10H,2,5-6,8-9,13H2,1H3. The monoisotopic (exact) mass is 221 g/mol. The van der Waals surface area contributed by atoms with E-state index in [1.165, 1.54) is 0 Å². The maximum Gasteiger partial charge on any atom is 0.171 e. The highest BCUT2D eigenvalue weighted by atomic mass is 16.5. The van der Waals surface area contributed by atoms with Gasteiger partial charge >= 0.3 is 0 Å². The van der Waals surface area contributed by atoms with Crippen molar-refractivity contribution in [2.45, 2.75) is 25.8 Å². The Morgan fingerprint density at radius 1 is 1.50 bits per heavy atom. The Labute approximate surface area is 96.4 Å². The van der Waals surface area contributed by atoms with Crippen LogP contribution in [0.5, 0.6) is 5.75 Å². The summed E-state index contributed by atoms with van der Waals surface area (Å²) in [6, 6.07) is 4.22. The molecule has 1 aromatic heterocycles. The molecule has 4 nitrogen and oxygen atoms in total. The van der Waals surface area contributed by atoms with E-state index in [0.717, 1.165) is 37.5 Å². The topological polar surface area (TPSA) is 51.4 Å². The van der Waals surface area contributed by atoms with Crippen LogP contribution in [0.25, 0.3) is 0 Å². The fraction of sp³-hybridized carbons (Fsp3) is 0.583. The highest BCUT2D eigenvalue weighted by molar-refractivity contribution is 5.52. The molecule has 1 aromatic rings. The van der Waals surface area contributed by atoms with Crippen LogP contribution in [0.4, 0.5) is 5.82 Å². The quantitative estimate of drug-likeness (QED) is 0.838. The van der Waals surface area contributed by atoms with Crippen molar-refractivity contribution >= 4 is 5.82 Å². The first-order valence-corrected chi connectivity index (χ1v) is 5.89. The number of pyridine rings is 1. The van der Waals surface area contributed by atoms with Crippen molar-refractivity contribution in [2.75, 3.05) is 24.6 Å². The van der Waals surface area contributed by atoms with E-state index in [4.69, 9.17) is 10.5 Å². The van der Waals surface area contributed by atoms with Gasteiger partial charge in [0.05, 0.1) is 6.61 Å². The first-order chi connectivity index (χ1) is 7.81. The zero-order chi connectivity index (χ0) is 11.4. The Kier molecular flexibility index (Phi) is 3.62. The predicted octanol–water partition coefficient (Wildman–Crippen LogP) is 1.41. The molecule has 0 atom stereocenters. The fourth-order valence-corrected chi connectivity index (χ4v) is 2.00. The molecule has 0 unspecified atom stereocenters. The summed E-state index contributed by atoms with van der Waals surface area (Å²) in [6.45, 7) is 4.60. The van der Waals surface area contributed by atoms with E-state index in [0.29, 0.717) is 12.6 Å². The van der Waals surface area contributed by atoms with Gasteiger partial charge in [-0.3, -0.25) is 0 Å². The van der Waals surface area contributed by atoms with Gasteiger partial charge in [-0.15, -0.1) is 0 Å². The third-order valence-corrected chi connectivity index (χ3v) is 2.89. The van der Waals surface area contributed by atoms with Gasteiger partial charge in [-0.1, -0.05) is 0 Å². The van der Waals surface area contributed by atoms with Crippen LogP contribution in [0, 0.1) is 0 Å². The minimum atomic E-state index is 0.343. The van der Waals surface area contributed by atoms with Crippen molar-refractivity contribution in [1.82, 2.24) is 4.98 Å². The summed E-state index contributed by atoms with van der Waals surface area (Å²) in [5, 5.41) is 0. The van der Waals surface area contributed by atoms with E-state index in [1.807, 2.05) is 25.3 Å². The normalized spacial score (nSPS) is 17.5. The molecule has 1 saturated heterocycles. The molecule has 2 heterocycles. The molecule has 0 amide bonds. The third-order valence-electron chi connectivity index (χ3n) is 2.89. The number of nitrogens with two attached hydrogens (primary N) is 1. The Bertz CT molecular complexity index is 335. The summed E-state index contributed by atoms with van der Waals surface area (Å²) >= 11 is 0. The van der Waals surface area contributed by atoms with Gasteiger partial charge in [0.2, 0.25) is 0 Å². The molecule has 1 fully saturated rings. The zero-order valence-electron chi connectivity index (χ0n) is 9.72. The Hall–Kier alpha value is -1.29. The van der Waals surface area contributed by atoms with Crippen molar-refractivity contribution in [1.29, 1.82) is 0 Å². The molecule has 88 valence electrons. The Balaban J connectivity index is 2.13. The minimum Gasteiger partial charge on any atom is -0.490 e. The summed E-state index contributed by atoms with van der Waals surface area (Å²) in [5.41, 5.74) is 5.89. The van der Waals surface area contributed by atoms with E-state index >= 15 is 0 Å². The van der Waals surface area contributed by atoms with Gasteiger partial charge in [0.1, 0.15) is 0 Å². The van der Waals surface area contributed by atoms with Crippen LogP contribution in [0.15, 0.2) is 18.3 Å². The number of anilines is 1. The molecule has 1 aliphatic heterocycles. The second-order valence-electron chi connectivity index (χ2n) is 4.08. The Morgan fingerprint density at radius 2 is 2.25 bits per heavy atom. The van der Waals surface area contributed by atoms with E-state index in [2.05, 4.69) is 9.88 Å². The lowest BCUT2D eigenvalue weighted by atomic mass is 10.1. The van der Waals surface area contributed by atoms with Crippen molar-refractivity contribution in [3.63, 3.8) is 0 Å². The Morgan fingerprint density at radius 3 is 2.94 bits per heavy atom. The number of ether oxygens (including phenoxy) is 1. The number of hydrogen-bond acceptors (Lipinski definition) is 4. The summed E-state index contributed by atoms with van der Waals surface area (Å²) in [7, 11) is 0. The molecular weight excluding hydrogens is 202 g/mol. The molecule has 2 N–H and O–H groups in total. The maximum atomic E-state index is 5.89. The molecule has 0 spiro atoms. The van der Waals surface area contributed by atoms with E-state index in [-0.39, 0.29) is 0 Å². The smallest absolute Gasteiger partial charge is 0.171 e. The van der Waals surface area contributed by atoms with Gasteiger partial charge < -0.3 is 15.4 Å². The highest BCUT2D eigenvalue weighted by Gasteiger charge is 2.19. The molecule has 0 aliphatic carbocycles. The average molecular weight is 221 g/mol. The maximum absolute atomic E-state index is 5.89. The molecule has 0 aromatic carbocycles. The molecule has 16 heavy (non-hydrogen) atoms. The van der Waals surface area contributed by atoms with Gasteiger partial charge in [-0.2, -0.15) is 0 Å².